The summed E-state index contributed by atoms with van der Waals surface area (Å²) < 4.78 is 20.2. The summed E-state index contributed by atoms with van der Waals surface area (Å²) in [7, 11) is 1.60. The summed E-state index contributed by atoms with van der Waals surface area (Å²) in [5.41, 5.74) is 2.83. The second-order valence-corrected chi connectivity index (χ2v) is 6.51. The Bertz CT molecular complexity index is 873. The van der Waals surface area contributed by atoms with Gasteiger partial charge in [0, 0.05) is 5.56 Å². The molecule has 0 amide bonds. The molecule has 0 aliphatic heterocycles. The van der Waals surface area contributed by atoms with Crippen LogP contribution in [0.1, 0.15) is 31.6 Å². The van der Waals surface area contributed by atoms with Gasteiger partial charge in [-0.1, -0.05) is 0 Å². The van der Waals surface area contributed by atoms with E-state index in [1.807, 2.05) is 24.3 Å². The van der Waals surface area contributed by atoms with Gasteiger partial charge in [-0.15, -0.1) is 0 Å². The first kappa shape index (κ1) is 19.1. The van der Waals surface area contributed by atoms with Crippen LogP contribution >= 0.6 is 0 Å². The summed E-state index contributed by atoms with van der Waals surface area (Å²) in [6.07, 6.45) is -0.402. The van der Waals surface area contributed by atoms with Crippen LogP contribution in [0.15, 0.2) is 54.6 Å². The summed E-state index contributed by atoms with van der Waals surface area (Å²) in [6, 6.07) is 15.3. The van der Waals surface area contributed by atoms with Gasteiger partial charge in [0.25, 0.3) is 0 Å². The molecule has 0 aliphatic rings. The van der Waals surface area contributed by atoms with Crippen molar-refractivity contribution < 1.29 is 19.3 Å². The molecule has 5 nitrogen and oxygen atoms in total. The lowest BCUT2D eigenvalue weighted by molar-refractivity contribution is 0.120. The van der Waals surface area contributed by atoms with Crippen molar-refractivity contribution in [2.75, 3.05) is 7.11 Å². The maximum atomic E-state index is 13.3. The van der Waals surface area contributed by atoms with E-state index in [0.29, 0.717) is 18.5 Å². The average Bonchev–Trinajstić information content (AvgIpc) is 3.12. The summed E-state index contributed by atoms with van der Waals surface area (Å²) in [5.74, 6) is 0.415. The Kier molecular flexibility index (Phi) is 5.88. The molecule has 0 radical (unpaired) electrons. The van der Waals surface area contributed by atoms with Gasteiger partial charge in [-0.05, 0) is 74.4 Å². The van der Waals surface area contributed by atoms with Gasteiger partial charge >= 0.3 is 0 Å². The number of hydrogen-bond acceptors (Lipinski definition) is 4. The first-order chi connectivity index (χ1) is 13.0. The molecule has 0 aliphatic carbocycles. The quantitative estimate of drug-likeness (QED) is 0.662. The third kappa shape index (κ3) is 4.53. The van der Waals surface area contributed by atoms with Gasteiger partial charge < -0.3 is 14.9 Å². The predicted molar refractivity (Wildman–Crippen MR) is 101 cm³/mol. The number of hydrogen-bond donors (Lipinski definition) is 2. The van der Waals surface area contributed by atoms with Gasteiger partial charge in [0.05, 0.1) is 36.4 Å². The molecule has 27 heavy (non-hydrogen) atoms. The summed E-state index contributed by atoms with van der Waals surface area (Å²) in [4.78, 5) is 0. The third-order valence-electron chi connectivity index (χ3n) is 4.38. The molecule has 1 aromatic heterocycles. The largest absolute Gasteiger partial charge is 0.497 e. The minimum atomic E-state index is -0.793. The lowest BCUT2D eigenvalue weighted by atomic mass is 10.1. The summed E-state index contributed by atoms with van der Waals surface area (Å²) >= 11 is 0. The second-order valence-electron chi connectivity index (χ2n) is 6.51. The molecule has 3 rings (SSSR count). The normalized spacial score (nSPS) is 13.4. The van der Waals surface area contributed by atoms with Crippen molar-refractivity contribution in [2.45, 2.75) is 32.0 Å². The van der Waals surface area contributed by atoms with E-state index < -0.39 is 12.2 Å². The van der Waals surface area contributed by atoms with E-state index in [-0.39, 0.29) is 5.82 Å². The SMILES string of the molecule is COc1ccc(-n2nc(C(O)CCC(C)O)cc2-c2ccc(F)cc2)cc1. The maximum absolute atomic E-state index is 13.3. The molecule has 2 aromatic carbocycles. The number of halogens is 1. The predicted octanol–water partition coefficient (Wildman–Crippen LogP) is 3.88. The zero-order valence-electron chi connectivity index (χ0n) is 15.3. The molecule has 0 spiro atoms. The van der Waals surface area contributed by atoms with Crippen molar-refractivity contribution in [1.82, 2.24) is 9.78 Å². The van der Waals surface area contributed by atoms with E-state index in [4.69, 9.17) is 4.74 Å². The minimum absolute atomic E-state index is 0.313. The van der Waals surface area contributed by atoms with Crippen LogP contribution in [0.4, 0.5) is 4.39 Å². The van der Waals surface area contributed by atoms with Crippen LogP contribution in [0.2, 0.25) is 0 Å². The van der Waals surface area contributed by atoms with Crippen molar-refractivity contribution in [3.8, 4) is 22.7 Å². The van der Waals surface area contributed by atoms with Crippen molar-refractivity contribution in [3.05, 3.63) is 66.1 Å². The van der Waals surface area contributed by atoms with E-state index in [0.717, 1.165) is 22.7 Å². The molecule has 0 bridgehead atoms. The molecule has 1 heterocycles. The average molecular weight is 370 g/mol. The number of ether oxygens (including phenoxy) is 1. The van der Waals surface area contributed by atoms with E-state index >= 15 is 0 Å². The van der Waals surface area contributed by atoms with E-state index in [9.17, 15) is 14.6 Å². The van der Waals surface area contributed by atoms with Gasteiger partial charge in [-0.2, -0.15) is 5.10 Å². The number of methoxy groups -OCH3 is 1. The molecule has 142 valence electrons. The maximum Gasteiger partial charge on any atom is 0.123 e. The van der Waals surface area contributed by atoms with E-state index in [1.54, 1.807) is 36.9 Å². The molecular weight excluding hydrogens is 347 g/mol. The molecule has 0 saturated carbocycles. The summed E-state index contributed by atoms with van der Waals surface area (Å²) in [6.45, 7) is 1.69. The molecule has 3 aromatic rings. The number of nitrogens with zero attached hydrogens (tertiary/aromatic N) is 2. The number of aromatic nitrogens is 2. The lowest BCUT2D eigenvalue weighted by Gasteiger charge is -2.09. The number of aliphatic hydroxyl groups is 2. The fourth-order valence-corrected chi connectivity index (χ4v) is 2.86. The van der Waals surface area contributed by atoms with Crippen molar-refractivity contribution >= 4 is 0 Å². The van der Waals surface area contributed by atoms with E-state index in [1.165, 1.54) is 12.1 Å². The Hall–Kier alpha value is -2.70. The monoisotopic (exact) mass is 370 g/mol. The fourth-order valence-electron chi connectivity index (χ4n) is 2.86. The molecular formula is C21H23FN2O3. The minimum Gasteiger partial charge on any atom is -0.497 e. The Morgan fingerprint density at radius 1 is 1.04 bits per heavy atom. The van der Waals surface area contributed by atoms with Gasteiger partial charge in [0.2, 0.25) is 0 Å². The number of benzene rings is 2. The van der Waals surface area contributed by atoms with Crippen molar-refractivity contribution in [3.63, 3.8) is 0 Å². The zero-order chi connectivity index (χ0) is 19.4. The van der Waals surface area contributed by atoms with Crippen LogP contribution in [0, 0.1) is 5.82 Å². The molecule has 2 unspecified atom stereocenters. The highest BCUT2D eigenvalue weighted by atomic mass is 19.1. The topological polar surface area (TPSA) is 67.5 Å². The molecule has 0 fully saturated rings. The Morgan fingerprint density at radius 3 is 2.30 bits per heavy atom. The smallest absolute Gasteiger partial charge is 0.123 e. The van der Waals surface area contributed by atoms with Crippen LogP contribution in [-0.2, 0) is 0 Å². The highest BCUT2D eigenvalue weighted by Gasteiger charge is 2.18. The van der Waals surface area contributed by atoms with Crippen molar-refractivity contribution in [2.24, 2.45) is 0 Å². The molecule has 2 atom stereocenters. The first-order valence-corrected chi connectivity index (χ1v) is 8.84. The van der Waals surface area contributed by atoms with Gasteiger partial charge in [-0.25, -0.2) is 9.07 Å². The van der Waals surface area contributed by atoms with Gasteiger partial charge in [-0.3, -0.25) is 0 Å². The fraction of sp³-hybridized carbons (Fsp3) is 0.286. The van der Waals surface area contributed by atoms with Gasteiger partial charge in [0.15, 0.2) is 0 Å². The van der Waals surface area contributed by atoms with Crippen LogP contribution in [-0.4, -0.2) is 33.2 Å². The van der Waals surface area contributed by atoms with Crippen LogP contribution in [0.3, 0.4) is 0 Å². The Morgan fingerprint density at radius 2 is 1.70 bits per heavy atom. The van der Waals surface area contributed by atoms with Crippen LogP contribution in [0.5, 0.6) is 5.75 Å². The van der Waals surface area contributed by atoms with Crippen LogP contribution in [0.25, 0.3) is 16.9 Å². The summed E-state index contributed by atoms with van der Waals surface area (Å²) in [5, 5.41) is 24.5. The van der Waals surface area contributed by atoms with E-state index in [2.05, 4.69) is 5.10 Å². The highest BCUT2D eigenvalue weighted by Crippen LogP contribution is 2.29. The highest BCUT2D eigenvalue weighted by molar-refractivity contribution is 5.63. The molecule has 6 heteroatoms. The number of aliphatic hydroxyl groups excluding tert-OH is 2. The Labute approximate surface area is 157 Å². The standard InChI is InChI=1S/C21H23FN2O3/c1-14(25)3-12-21(26)19-13-20(15-4-6-16(22)7-5-15)24(23-19)17-8-10-18(27-2)11-9-17/h4-11,13-14,21,25-26H,3,12H2,1-2H3. The van der Waals surface area contributed by atoms with Crippen LogP contribution < -0.4 is 4.74 Å². The molecule has 0 saturated heterocycles. The first-order valence-electron chi connectivity index (χ1n) is 8.84. The zero-order valence-corrected chi connectivity index (χ0v) is 15.3. The number of rotatable bonds is 7. The van der Waals surface area contributed by atoms with Crippen molar-refractivity contribution in [1.29, 1.82) is 0 Å². The molecule has 2 N–H and O–H groups in total. The Balaban J connectivity index is 2.01. The lowest BCUT2D eigenvalue weighted by Crippen LogP contribution is -2.06. The second kappa shape index (κ2) is 8.33. The third-order valence-corrected chi connectivity index (χ3v) is 4.38. The van der Waals surface area contributed by atoms with Gasteiger partial charge in [0.1, 0.15) is 11.6 Å².